The van der Waals surface area contributed by atoms with Crippen molar-refractivity contribution in [2.24, 2.45) is 13.0 Å². The third-order valence-electron chi connectivity index (χ3n) is 4.32. The van der Waals surface area contributed by atoms with Crippen LogP contribution >= 0.6 is 0 Å². The highest BCUT2D eigenvalue weighted by molar-refractivity contribution is 5.88. The van der Waals surface area contributed by atoms with Crippen LogP contribution in [0.5, 0.6) is 0 Å². The van der Waals surface area contributed by atoms with Gasteiger partial charge in [-0.05, 0) is 12.3 Å². The van der Waals surface area contributed by atoms with E-state index in [4.69, 9.17) is 0 Å². The molecule has 0 aromatic carbocycles. The highest BCUT2D eigenvalue weighted by Crippen LogP contribution is 2.30. The molecule has 0 fully saturated rings. The van der Waals surface area contributed by atoms with E-state index in [0.717, 1.165) is 6.20 Å². The Hall–Kier alpha value is -2.52. The smallest absolute Gasteiger partial charge is 0.334 e. The fraction of sp³-hybridized carbons (Fsp3) is 0.533. The van der Waals surface area contributed by atoms with Crippen LogP contribution < -0.4 is 5.32 Å². The molecule has 2 aromatic rings. The van der Waals surface area contributed by atoms with Gasteiger partial charge in [-0.2, -0.15) is 18.3 Å². The van der Waals surface area contributed by atoms with Gasteiger partial charge in [0, 0.05) is 45.9 Å². The van der Waals surface area contributed by atoms with Gasteiger partial charge >= 0.3 is 12.2 Å². The normalized spacial score (nSPS) is 17.2. The molecule has 0 saturated carbocycles. The van der Waals surface area contributed by atoms with Crippen LogP contribution in [-0.2, 0) is 26.2 Å². The number of urea groups is 1. The number of fused-ring (bicyclic) bond motifs is 1. The third-order valence-corrected chi connectivity index (χ3v) is 4.32. The Kier molecular flexibility index (Phi) is 4.44. The molecular formula is C15H19F3N6O. The first-order valence-corrected chi connectivity index (χ1v) is 7.87. The summed E-state index contributed by atoms with van der Waals surface area (Å²) in [6, 6.07) is 1.40. The lowest BCUT2D eigenvalue weighted by Crippen LogP contribution is -2.38. The Morgan fingerprint density at radius 1 is 1.48 bits per heavy atom. The molecule has 0 bridgehead atoms. The molecule has 0 spiro atoms. The van der Waals surface area contributed by atoms with Gasteiger partial charge in [-0.1, -0.05) is 0 Å². The lowest BCUT2D eigenvalue weighted by molar-refractivity contribution is -0.141. The van der Waals surface area contributed by atoms with Crippen LogP contribution in [0.2, 0.25) is 0 Å². The molecule has 2 aromatic heterocycles. The maximum atomic E-state index is 12.8. The topological polar surface area (TPSA) is 68.0 Å². The number of halogens is 3. The van der Waals surface area contributed by atoms with E-state index in [1.54, 1.807) is 35.6 Å². The fourth-order valence-electron chi connectivity index (χ4n) is 2.97. The first kappa shape index (κ1) is 17.3. The van der Waals surface area contributed by atoms with Gasteiger partial charge in [-0.25, -0.2) is 9.78 Å². The average Bonchev–Trinajstić information content (AvgIpc) is 3.13. The molecule has 1 N–H and O–H groups in total. The second-order valence-corrected chi connectivity index (χ2v) is 6.25. The number of alkyl halides is 3. The van der Waals surface area contributed by atoms with Crippen LogP contribution in [0.4, 0.5) is 23.8 Å². The molecule has 2 amide bonds. The zero-order chi connectivity index (χ0) is 18.2. The lowest BCUT2D eigenvalue weighted by atomic mass is 9.99. The molecule has 3 rings (SSSR count). The summed E-state index contributed by atoms with van der Waals surface area (Å²) in [5.41, 5.74) is -0.856. The highest BCUT2D eigenvalue weighted by Gasteiger charge is 2.36. The maximum Gasteiger partial charge on any atom is 0.434 e. The summed E-state index contributed by atoms with van der Waals surface area (Å²) >= 11 is 0. The molecule has 1 aliphatic rings. The number of rotatable bonds is 3. The van der Waals surface area contributed by atoms with Crippen molar-refractivity contribution in [3.05, 3.63) is 30.0 Å². The van der Waals surface area contributed by atoms with E-state index in [1.165, 1.54) is 4.90 Å². The number of carbonyl (C=O) groups excluding carboxylic acids is 1. The summed E-state index contributed by atoms with van der Waals surface area (Å²) in [6.45, 7) is 0.865. The minimum Gasteiger partial charge on any atom is -0.334 e. The summed E-state index contributed by atoms with van der Waals surface area (Å²) in [7, 11) is 3.38. The highest BCUT2D eigenvalue weighted by atomic mass is 19.4. The minimum absolute atomic E-state index is 0.0741. The van der Waals surface area contributed by atoms with Crippen molar-refractivity contribution in [2.75, 3.05) is 18.9 Å². The van der Waals surface area contributed by atoms with Crippen molar-refractivity contribution in [1.82, 2.24) is 24.2 Å². The number of anilines is 1. The molecule has 0 aliphatic carbocycles. The van der Waals surface area contributed by atoms with Crippen molar-refractivity contribution in [3.8, 4) is 0 Å². The summed E-state index contributed by atoms with van der Waals surface area (Å²) < 4.78 is 41.4. The van der Waals surface area contributed by atoms with E-state index in [9.17, 15) is 18.0 Å². The molecule has 0 saturated heterocycles. The van der Waals surface area contributed by atoms with Gasteiger partial charge in [-0.15, -0.1) is 0 Å². The number of amides is 2. The Bertz CT molecular complexity index is 766. The number of aryl methyl sites for hydroxylation is 2. The second-order valence-electron chi connectivity index (χ2n) is 6.25. The molecule has 10 heteroatoms. The number of imidazole rings is 1. The summed E-state index contributed by atoms with van der Waals surface area (Å²) in [5.74, 6) is 1.10. The lowest BCUT2D eigenvalue weighted by Gasteiger charge is -2.28. The van der Waals surface area contributed by atoms with Gasteiger partial charge in [0.2, 0.25) is 0 Å². The fourth-order valence-corrected chi connectivity index (χ4v) is 2.97. The molecule has 0 unspecified atom stereocenters. The van der Waals surface area contributed by atoms with Crippen LogP contribution in [0.1, 0.15) is 17.9 Å². The van der Waals surface area contributed by atoms with E-state index >= 15 is 0 Å². The van der Waals surface area contributed by atoms with Crippen LogP contribution in [0.15, 0.2) is 18.5 Å². The number of nitrogens with zero attached hydrogens (tertiary/aromatic N) is 5. The largest absolute Gasteiger partial charge is 0.434 e. The number of aromatic nitrogens is 4. The first-order chi connectivity index (χ1) is 11.7. The summed E-state index contributed by atoms with van der Waals surface area (Å²) in [4.78, 5) is 17.4. The van der Waals surface area contributed by atoms with E-state index < -0.39 is 11.9 Å². The quantitative estimate of drug-likeness (QED) is 0.918. The predicted molar refractivity (Wildman–Crippen MR) is 83.9 cm³/mol. The first-order valence-electron chi connectivity index (χ1n) is 7.87. The SMILES string of the molecule is CN(C[C@@H]1CCc2nc(C(F)(F)F)cn2C1)C(=O)Nc1ccnn1C. The van der Waals surface area contributed by atoms with Gasteiger partial charge in [0.05, 0.1) is 6.20 Å². The van der Waals surface area contributed by atoms with Gasteiger partial charge in [0.15, 0.2) is 5.69 Å². The molecule has 25 heavy (non-hydrogen) atoms. The van der Waals surface area contributed by atoms with Gasteiger partial charge in [-0.3, -0.25) is 10.00 Å². The third kappa shape index (κ3) is 3.77. The Balaban J connectivity index is 1.59. The zero-order valence-electron chi connectivity index (χ0n) is 13.9. The van der Waals surface area contributed by atoms with Gasteiger partial charge in [0.1, 0.15) is 11.6 Å². The van der Waals surface area contributed by atoms with E-state index in [2.05, 4.69) is 15.4 Å². The zero-order valence-corrected chi connectivity index (χ0v) is 13.9. The van der Waals surface area contributed by atoms with Crippen molar-refractivity contribution in [3.63, 3.8) is 0 Å². The van der Waals surface area contributed by atoms with Crippen molar-refractivity contribution in [1.29, 1.82) is 0 Å². The number of carbonyl (C=O) groups is 1. The van der Waals surface area contributed by atoms with Crippen molar-refractivity contribution in [2.45, 2.75) is 25.6 Å². The van der Waals surface area contributed by atoms with Crippen LogP contribution in [0.25, 0.3) is 0 Å². The monoisotopic (exact) mass is 356 g/mol. The molecule has 1 atom stereocenters. The molecule has 136 valence electrons. The van der Waals surface area contributed by atoms with Gasteiger partial charge in [0.25, 0.3) is 0 Å². The molecule has 7 nitrogen and oxygen atoms in total. The standard InChI is InChI=1S/C15H19F3N6O/c1-22(14(25)21-12-5-6-19-23(12)2)7-10-3-4-13-20-11(15(16,17)18)9-24(13)8-10/h5-6,9-10H,3-4,7-8H2,1-2H3,(H,21,25)/t10-/m0/s1. The molecule has 0 radical (unpaired) electrons. The molecule has 1 aliphatic heterocycles. The van der Waals surface area contributed by atoms with Crippen molar-refractivity contribution < 1.29 is 18.0 Å². The Morgan fingerprint density at radius 2 is 2.24 bits per heavy atom. The number of nitrogens with one attached hydrogen (secondary N) is 1. The minimum atomic E-state index is -4.43. The second kappa shape index (κ2) is 6.41. The van der Waals surface area contributed by atoms with E-state index in [0.29, 0.717) is 37.6 Å². The Morgan fingerprint density at radius 3 is 2.88 bits per heavy atom. The predicted octanol–water partition coefficient (Wildman–Crippen LogP) is 2.36. The van der Waals surface area contributed by atoms with E-state index in [1.807, 2.05) is 0 Å². The maximum absolute atomic E-state index is 12.8. The Labute approximate surface area is 142 Å². The summed E-state index contributed by atoms with van der Waals surface area (Å²) in [6.07, 6.45) is -0.637. The number of hydrogen-bond donors (Lipinski definition) is 1. The van der Waals surface area contributed by atoms with E-state index in [-0.39, 0.29) is 11.9 Å². The summed E-state index contributed by atoms with van der Waals surface area (Å²) in [5, 5.41) is 6.72. The molecule has 3 heterocycles. The van der Waals surface area contributed by atoms with Crippen LogP contribution in [-0.4, -0.2) is 43.9 Å². The average molecular weight is 356 g/mol. The number of hydrogen-bond acceptors (Lipinski definition) is 3. The van der Waals surface area contributed by atoms with Crippen molar-refractivity contribution >= 4 is 11.8 Å². The van der Waals surface area contributed by atoms with Crippen LogP contribution in [0.3, 0.4) is 0 Å². The van der Waals surface area contributed by atoms with Crippen LogP contribution in [0, 0.1) is 5.92 Å². The van der Waals surface area contributed by atoms with Gasteiger partial charge < -0.3 is 9.47 Å². The molecular weight excluding hydrogens is 337 g/mol.